The van der Waals surface area contributed by atoms with E-state index in [1.807, 2.05) is 41.1 Å². The minimum absolute atomic E-state index is 0.0221. The number of rotatable bonds is 4. The van der Waals surface area contributed by atoms with Crippen LogP contribution in [0.15, 0.2) is 79.0 Å². The van der Waals surface area contributed by atoms with Gasteiger partial charge >= 0.3 is 221 Å². The van der Waals surface area contributed by atoms with Crippen molar-refractivity contribution in [2.24, 2.45) is 12.9 Å². The van der Waals surface area contributed by atoms with E-state index in [-0.39, 0.29) is 10.8 Å². The summed E-state index contributed by atoms with van der Waals surface area (Å²) in [6.07, 6.45) is 2.91. The van der Waals surface area contributed by atoms with Crippen LogP contribution in [0.4, 0.5) is 11.5 Å². The van der Waals surface area contributed by atoms with Crippen LogP contribution in [0.3, 0.4) is 0 Å². The SMILES string of the molecule is [2H]C([2H])([2H])n1[c](=[Pt])n(-c2cc(Oc3ccc4c(c3)N(c3cc(C(C)(C)C)ccn3)CC(C)C4)cc(C(C)(C)C)c2)c2ccccc21. The van der Waals surface area contributed by atoms with Crippen molar-refractivity contribution in [3.05, 3.63) is 99.5 Å². The monoisotopic (exact) mass is 756 g/mol. The standard InChI is InChI=1S/C37H42N4O.Pt/c1-25-17-26-13-14-30(22-34(26)40(23-25)35-20-27(15-16-38-35)36(2,3)4)42-31-19-28(37(5,6)7)18-29(21-31)41-24-39(8)32-11-9-10-12-33(32)41;/h9-16,18-22,25H,17,23H2,1-8H3;/i8D3;. The first-order chi connectivity index (χ1) is 21.5. The molecule has 0 aliphatic carbocycles. The molecule has 1 unspecified atom stereocenters. The van der Waals surface area contributed by atoms with Crippen LogP contribution in [0.1, 0.15) is 69.3 Å². The topological polar surface area (TPSA) is 35.2 Å². The maximum atomic E-state index is 8.26. The van der Waals surface area contributed by atoms with Gasteiger partial charge in [0.15, 0.2) is 0 Å². The van der Waals surface area contributed by atoms with Crippen molar-refractivity contribution in [1.29, 1.82) is 0 Å². The number of para-hydroxylation sites is 2. The van der Waals surface area contributed by atoms with Gasteiger partial charge in [0.2, 0.25) is 0 Å². The number of aromatic nitrogens is 3. The molecule has 5 nitrogen and oxygen atoms in total. The molecular weight excluding hydrogens is 712 g/mol. The maximum absolute atomic E-state index is 8.26. The van der Waals surface area contributed by atoms with Gasteiger partial charge in [-0.15, -0.1) is 0 Å². The Morgan fingerprint density at radius 1 is 0.860 bits per heavy atom. The first kappa shape index (κ1) is 26.0. The molecule has 0 radical (unpaired) electrons. The number of ether oxygens (including phenoxy) is 1. The Bertz CT molecular complexity index is 2000. The van der Waals surface area contributed by atoms with Gasteiger partial charge in [-0.1, -0.05) is 27.7 Å². The number of pyridine rings is 1. The van der Waals surface area contributed by atoms with Crippen LogP contribution in [-0.4, -0.2) is 20.7 Å². The summed E-state index contributed by atoms with van der Waals surface area (Å²) in [5.41, 5.74) is 6.92. The fourth-order valence-electron chi connectivity index (χ4n) is 5.83. The van der Waals surface area contributed by atoms with Crippen molar-refractivity contribution in [1.82, 2.24) is 14.1 Å². The quantitative estimate of drug-likeness (QED) is 0.184. The van der Waals surface area contributed by atoms with Crippen LogP contribution in [0.5, 0.6) is 11.5 Å². The summed E-state index contributed by atoms with van der Waals surface area (Å²) in [4.78, 5) is 7.12. The van der Waals surface area contributed by atoms with E-state index < -0.39 is 6.98 Å². The van der Waals surface area contributed by atoms with E-state index in [0.717, 1.165) is 47.0 Å². The molecule has 1 aliphatic heterocycles. The molecule has 0 spiro atoms. The normalized spacial score (nSPS) is 16.9. The van der Waals surface area contributed by atoms with Crippen molar-refractivity contribution in [2.75, 3.05) is 11.4 Å². The molecule has 0 saturated carbocycles. The van der Waals surface area contributed by atoms with E-state index in [4.69, 9.17) is 13.8 Å². The summed E-state index contributed by atoms with van der Waals surface area (Å²) < 4.78 is 35.5. The van der Waals surface area contributed by atoms with E-state index in [1.165, 1.54) is 15.7 Å². The van der Waals surface area contributed by atoms with Crippen molar-refractivity contribution in [3.63, 3.8) is 0 Å². The molecule has 0 N–H and O–H groups in total. The molecule has 3 aromatic carbocycles. The molecule has 2 aromatic heterocycles. The Kier molecular flexibility index (Phi) is 6.61. The molecule has 226 valence electrons. The first-order valence-electron chi connectivity index (χ1n) is 16.4. The van der Waals surface area contributed by atoms with Gasteiger partial charge < -0.3 is 0 Å². The number of benzene rings is 3. The summed E-state index contributed by atoms with van der Waals surface area (Å²) in [5.74, 6) is 2.88. The number of aryl methyl sites for hydroxylation is 1. The molecule has 5 aromatic rings. The Morgan fingerprint density at radius 2 is 1.60 bits per heavy atom. The van der Waals surface area contributed by atoms with Crippen molar-refractivity contribution in [2.45, 2.75) is 65.7 Å². The second-order valence-corrected chi connectivity index (χ2v) is 14.8. The third-order valence-electron chi connectivity index (χ3n) is 8.25. The predicted octanol–water partition coefficient (Wildman–Crippen LogP) is 9.16. The zero-order valence-corrected chi connectivity index (χ0v) is 28.3. The third-order valence-corrected chi connectivity index (χ3v) is 9.27. The fourth-order valence-corrected chi connectivity index (χ4v) is 6.68. The van der Waals surface area contributed by atoms with Crippen LogP contribution < -0.4 is 9.64 Å². The molecule has 1 aliphatic rings. The third kappa shape index (κ3) is 5.77. The van der Waals surface area contributed by atoms with Crippen LogP contribution >= 0.6 is 0 Å². The van der Waals surface area contributed by atoms with E-state index in [9.17, 15) is 0 Å². The predicted molar refractivity (Wildman–Crippen MR) is 174 cm³/mol. The van der Waals surface area contributed by atoms with E-state index >= 15 is 0 Å². The molecule has 0 bridgehead atoms. The van der Waals surface area contributed by atoms with Gasteiger partial charge in [0.25, 0.3) is 0 Å². The van der Waals surface area contributed by atoms with Crippen LogP contribution in [0.25, 0.3) is 16.7 Å². The Morgan fingerprint density at radius 3 is 2.33 bits per heavy atom. The molecule has 0 fully saturated rings. The zero-order chi connectivity index (χ0) is 33.2. The van der Waals surface area contributed by atoms with Gasteiger partial charge in [-0.25, -0.2) is 0 Å². The summed E-state index contributed by atoms with van der Waals surface area (Å²) in [6.45, 7) is 14.0. The molecular formula is C37H42N4OPt. The van der Waals surface area contributed by atoms with Crippen LogP contribution in [0, 0.1) is 9.72 Å². The number of hydrogen-bond donors (Lipinski definition) is 0. The molecule has 6 rings (SSSR count). The van der Waals surface area contributed by atoms with Crippen LogP contribution in [0.2, 0.25) is 0 Å². The first-order valence-corrected chi connectivity index (χ1v) is 16.0. The van der Waals surface area contributed by atoms with Gasteiger partial charge in [0, 0.05) is 6.20 Å². The second kappa shape index (κ2) is 10.9. The molecule has 43 heavy (non-hydrogen) atoms. The number of fused-ring (bicyclic) bond motifs is 2. The summed E-state index contributed by atoms with van der Waals surface area (Å²) >= 11 is 2.12. The molecule has 0 amide bonds. The Labute approximate surface area is 270 Å². The van der Waals surface area contributed by atoms with Gasteiger partial charge in [-0.2, -0.15) is 0 Å². The van der Waals surface area contributed by atoms with Gasteiger partial charge in [-0.05, 0) is 17.0 Å². The Balaban J connectivity index is 1.45. The van der Waals surface area contributed by atoms with E-state index in [1.54, 1.807) is 0 Å². The van der Waals surface area contributed by atoms with E-state index in [2.05, 4.69) is 115 Å². The molecule has 0 saturated heterocycles. The number of anilines is 2. The van der Waals surface area contributed by atoms with Crippen molar-refractivity contribution >= 4 is 22.5 Å². The second-order valence-electron chi connectivity index (χ2n) is 13.8. The van der Waals surface area contributed by atoms with Gasteiger partial charge in [0.1, 0.15) is 0 Å². The number of hydrogen-bond acceptors (Lipinski definition) is 3. The average Bonchev–Trinajstić information content (AvgIpc) is 3.28. The number of imidazole rings is 1. The average molecular weight is 757 g/mol. The van der Waals surface area contributed by atoms with Gasteiger partial charge in [-0.3, -0.25) is 0 Å². The molecule has 1 atom stereocenters. The van der Waals surface area contributed by atoms with Crippen molar-refractivity contribution in [3.8, 4) is 17.2 Å². The number of nitrogens with zero attached hydrogens (tertiary/aromatic N) is 4. The van der Waals surface area contributed by atoms with Crippen LogP contribution in [-0.2, 0) is 43.6 Å². The minimum atomic E-state index is -2.32. The van der Waals surface area contributed by atoms with Crippen molar-refractivity contribution < 1.29 is 28.2 Å². The Hall–Kier alpha value is -3.43. The summed E-state index contributed by atoms with van der Waals surface area (Å²) in [7, 11) is 0. The summed E-state index contributed by atoms with van der Waals surface area (Å²) in [6, 6.07) is 24.5. The fraction of sp³-hybridized carbons (Fsp3) is 0.351. The molecule has 3 heterocycles. The van der Waals surface area contributed by atoms with Gasteiger partial charge in [0.05, 0.1) is 0 Å². The molecule has 6 heteroatoms. The van der Waals surface area contributed by atoms with E-state index in [0.29, 0.717) is 21.0 Å². The zero-order valence-electron chi connectivity index (χ0n) is 29.0. The summed E-state index contributed by atoms with van der Waals surface area (Å²) in [5, 5.41) is 0.